The minimum Gasteiger partial charge on any atom is -0.385 e. The van der Waals surface area contributed by atoms with Crippen LogP contribution in [0.2, 0.25) is 0 Å². The second-order valence-corrected chi connectivity index (χ2v) is 5.48. The van der Waals surface area contributed by atoms with E-state index >= 15 is 0 Å². The summed E-state index contributed by atoms with van der Waals surface area (Å²) in [6.45, 7) is 9.15. The summed E-state index contributed by atoms with van der Waals surface area (Å²) >= 11 is 0. The van der Waals surface area contributed by atoms with Gasteiger partial charge in [0.25, 0.3) is 0 Å². The molecule has 17 heavy (non-hydrogen) atoms. The van der Waals surface area contributed by atoms with Crippen molar-refractivity contribution >= 4 is 5.91 Å². The topological polar surface area (TPSA) is 62.1 Å². The molecule has 0 aromatic heterocycles. The lowest BCUT2D eigenvalue weighted by atomic mass is 9.89. The highest BCUT2D eigenvalue weighted by atomic mass is 16.5. The fourth-order valence-corrected chi connectivity index (χ4v) is 1.41. The minimum atomic E-state index is -0.562. The Morgan fingerprint density at radius 2 is 2.06 bits per heavy atom. The number of hydrogen-bond donors (Lipinski definition) is 1. The molecule has 0 fully saturated rings. The molecule has 0 aliphatic rings. The molecule has 0 aliphatic carbocycles. The smallest absolute Gasteiger partial charge is 0.237 e. The lowest BCUT2D eigenvalue weighted by molar-refractivity contribution is -0.124. The van der Waals surface area contributed by atoms with Crippen LogP contribution >= 0.6 is 0 Å². The van der Waals surface area contributed by atoms with E-state index in [9.17, 15) is 4.79 Å². The van der Waals surface area contributed by atoms with Crippen molar-refractivity contribution in [2.45, 2.75) is 34.1 Å². The van der Waals surface area contributed by atoms with Crippen molar-refractivity contribution in [2.24, 2.45) is 17.3 Å². The van der Waals surface area contributed by atoms with Gasteiger partial charge in [-0.3, -0.25) is 4.79 Å². The normalized spacial score (nSPS) is 13.2. The van der Waals surface area contributed by atoms with Crippen LogP contribution in [-0.4, -0.2) is 26.2 Å². The van der Waals surface area contributed by atoms with E-state index in [-0.39, 0.29) is 17.2 Å². The van der Waals surface area contributed by atoms with E-state index in [4.69, 9.17) is 10.00 Å². The summed E-state index contributed by atoms with van der Waals surface area (Å²) < 4.78 is 5.03. The van der Waals surface area contributed by atoms with Gasteiger partial charge in [0.1, 0.15) is 5.92 Å². The van der Waals surface area contributed by atoms with Crippen LogP contribution in [0.5, 0.6) is 0 Å². The Labute approximate surface area is 104 Å². The summed E-state index contributed by atoms with van der Waals surface area (Å²) in [5.41, 5.74) is -0.0113. The molecule has 1 amide bonds. The quantitative estimate of drug-likeness (QED) is 0.740. The standard InChI is InChI=1S/C13H24N2O2/c1-10(2)11(8-14)12(16)15-9-13(3,4)6-7-17-5/h10-11H,6-7,9H2,1-5H3,(H,15,16). The van der Waals surface area contributed by atoms with E-state index in [2.05, 4.69) is 19.2 Å². The van der Waals surface area contributed by atoms with E-state index in [1.54, 1.807) is 7.11 Å². The molecule has 1 N–H and O–H groups in total. The molecule has 0 aromatic rings. The van der Waals surface area contributed by atoms with Crippen molar-refractivity contribution in [1.82, 2.24) is 5.32 Å². The molecule has 0 saturated heterocycles. The van der Waals surface area contributed by atoms with E-state index in [1.807, 2.05) is 19.9 Å². The number of rotatable bonds is 7. The number of nitrogens with one attached hydrogen (secondary N) is 1. The molecular weight excluding hydrogens is 216 g/mol. The van der Waals surface area contributed by atoms with Gasteiger partial charge in [0, 0.05) is 20.3 Å². The molecule has 0 aliphatic heterocycles. The predicted molar refractivity (Wildman–Crippen MR) is 67.2 cm³/mol. The second-order valence-electron chi connectivity index (χ2n) is 5.48. The first kappa shape index (κ1) is 15.9. The summed E-state index contributed by atoms with van der Waals surface area (Å²) in [6, 6.07) is 2.04. The zero-order valence-electron chi connectivity index (χ0n) is 11.5. The van der Waals surface area contributed by atoms with Gasteiger partial charge in [-0.05, 0) is 17.8 Å². The van der Waals surface area contributed by atoms with E-state index in [0.717, 1.165) is 6.42 Å². The van der Waals surface area contributed by atoms with Crippen molar-refractivity contribution in [3.63, 3.8) is 0 Å². The van der Waals surface area contributed by atoms with Crippen molar-refractivity contribution in [3.05, 3.63) is 0 Å². The van der Waals surface area contributed by atoms with Gasteiger partial charge in [0.15, 0.2) is 0 Å². The van der Waals surface area contributed by atoms with Crippen molar-refractivity contribution in [3.8, 4) is 6.07 Å². The number of carbonyl (C=O) groups is 1. The SMILES string of the molecule is COCCC(C)(C)CNC(=O)C(C#N)C(C)C. The van der Waals surface area contributed by atoms with Crippen LogP contribution in [0.4, 0.5) is 0 Å². The van der Waals surface area contributed by atoms with Crippen LogP contribution in [0.25, 0.3) is 0 Å². The van der Waals surface area contributed by atoms with E-state index < -0.39 is 5.92 Å². The largest absolute Gasteiger partial charge is 0.385 e. The Morgan fingerprint density at radius 3 is 2.47 bits per heavy atom. The van der Waals surface area contributed by atoms with Gasteiger partial charge in [-0.15, -0.1) is 0 Å². The average molecular weight is 240 g/mol. The van der Waals surface area contributed by atoms with Crippen molar-refractivity contribution in [1.29, 1.82) is 5.26 Å². The van der Waals surface area contributed by atoms with Crippen LogP contribution < -0.4 is 5.32 Å². The summed E-state index contributed by atoms with van der Waals surface area (Å²) in [5, 5.41) is 11.8. The first-order valence-corrected chi connectivity index (χ1v) is 6.00. The fourth-order valence-electron chi connectivity index (χ4n) is 1.41. The molecule has 1 atom stereocenters. The molecule has 0 radical (unpaired) electrons. The Kier molecular flexibility index (Phi) is 6.82. The van der Waals surface area contributed by atoms with Gasteiger partial charge >= 0.3 is 0 Å². The number of nitrogens with zero attached hydrogens (tertiary/aromatic N) is 1. The molecule has 0 bridgehead atoms. The molecule has 0 saturated carbocycles. The van der Waals surface area contributed by atoms with E-state index in [1.165, 1.54) is 0 Å². The van der Waals surface area contributed by atoms with Crippen molar-refractivity contribution < 1.29 is 9.53 Å². The molecule has 0 aromatic carbocycles. The lowest BCUT2D eigenvalue weighted by Gasteiger charge is -2.25. The average Bonchev–Trinajstić information content (AvgIpc) is 2.24. The van der Waals surface area contributed by atoms with Gasteiger partial charge in [-0.1, -0.05) is 27.7 Å². The summed E-state index contributed by atoms with van der Waals surface area (Å²) in [6.07, 6.45) is 0.878. The molecule has 4 nitrogen and oxygen atoms in total. The van der Waals surface area contributed by atoms with Crippen LogP contribution in [0.3, 0.4) is 0 Å². The highest BCUT2D eigenvalue weighted by Gasteiger charge is 2.24. The maximum atomic E-state index is 11.8. The molecule has 1 unspecified atom stereocenters. The maximum Gasteiger partial charge on any atom is 0.237 e. The van der Waals surface area contributed by atoms with Crippen molar-refractivity contribution in [2.75, 3.05) is 20.3 Å². The summed E-state index contributed by atoms with van der Waals surface area (Å²) in [7, 11) is 1.67. The monoisotopic (exact) mass is 240 g/mol. The number of carbonyl (C=O) groups excluding carboxylic acids is 1. The maximum absolute atomic E-state index is 11.8. The third-order valence-corrected chi connectivity index (χ3v) is 2.81. The molecule has 4 heteroatoms. The highest BCUT2D eigenvalue weighted by molar-refractivity contribution is 5.81. The molecule has 0 heterocycles. The Balaban J connectivity index is 4.19. The molecule has 98 valence electrons. The molecule has 0 spiro atoms. The highest BCUT2D eigenvalue weighted by Crippen LogP contribution is 2.19. The Morgan fingerprint density at radius 1 is 1.47 bits per heavy atom. The minimum absolute atomic E-state index is 0.0113. The third kappa shape index (κ3) is 6.28. The first-order valence-electron chi connectivity index (χ1n) is 6.00. The number of hydrogen-bond acceptors (Lipinski definition) is 3. The number of nitriles is 1. The van der Waals surface area contributed by atoms with Crippen LogP contribution in [-0.2, 0) is 9.53 Å². The number of amides is 1. The number of methoxy groups -OCH3 is 1. The zero-order chi connectivity index (χ0) is 13.5. The van der Waals surface area contributed by atoms with Crippen LogP contribution in [0.1, 0.15) is 34.1 Å². The zero-order valence-corrected chi connectivity index (χ0v) is 11.5. The molecule has 0 rings (SSSR count). The van der Waals surface area contributed by atoms with E-state index in [0.29, 0.717) is 13.2 Å². The Bertz CT molecular complexity index is 280. The molecular formula is C13H24N2O2. The summed E-state index contributed by atoms with van der Waals surface area (Å²) in [4.78, 5) is 11.8. The van der Waals surface area contributed by atoms with Crippen LogP contribution in [0.15, 0.2) is 0 Å². The van der Waals surface area contributed by atoms with Gasteiger partial charge in [0.05, 0.1) is 6.07 Å². The first-order chi connectivity index (χ1) is 7.84. The fraction of sp³-hybridized carbons (Fsp3) is 0.846. The third-order valence-electron chi connectivity index (χ3n) is 2.81. The predicted octanol–water partition coefficient (Wildman–Crippen LogP) is 1.96. The van der Waals surface area contributed by atoms with Gasteiger partial charge in [-0.2, -0.15) is 5.26 Å². The lowest BCUT2D eigenvalue weighted by Crippen LogP contribution is -2.39. The summed E-state index contributed by atoms with van der Waals surface area (Å²) in [5.74, 6) is -0.691. The van der Waals surface area contributed by atoms with Crippen LogP contribution in [0, 0.1) is 28.6 Å². The van der Waals surface area contributed by atoms with Gasteiger partial charge in [-0.25, -0.2) is 0 Å². The van der Waals surface area contributed by atoms with Gasteiger partial charge < -0.3 is 10.1 Å². The second kappa shape index (κ2) is 7.29. The number of ether oxygens (including phenoxy) is 1. The Hall–Kier alpha value is -1.08. The van der Waals surface area contributed by atoms with Gasteiger partial charge in [0.2, 0.25) is 5.91 Å².